The molecule has 4 aromatic rings. The fourth-order valence-electron chi connectivity index (χ4n) is 5.86. The van der Waals surface area contributed by atoms with E-state index in [1.807, 2.05) is 30.3 Å². The molecule has 0 aliphatic carbocycles. The zero-order chi connectivity index (χ0) is 32.8. The fraction of sp³-hybridized carbons (Fsp3) is 0.278. The molecule has 47 heavy (non-hydrogen) atoms. The van der Waals surface area contributed by atoms with Gasteiger partial charge >= 0.3 is 0 Å². The highest BCUT2D eigenvalue weighted by molar-refractivity contribution is 7.89. The predicted molar refractivity (Wildman–Crippen MR) is 173 cm³/mol. The lowest BCUT2D eigenvalue weighted by Crippen LogP contribution is -2.43. The molecule has 2 amide bonds. The van der Waals surface area contributed by atoms with Crippen LogP contribution in [-0.2, 0) is 39.1 Å². The van der Waals surface area contributed by atoms with E-state index in [0.29, 0.717) is 42.1 Å². The van der Waals surface area contributed by atoms with Crippen molar-refractivity contribution in [1.29, 1.82) is 0 Å². The summed E-state index contributed by atoms with van der Waals surface area (Å²) in [6.45, 7) is 1.46. The fourth-order valence-corrected chi connectivity index (χ4v) is 7.37. The number of ether oxygens (including phenoxy) is 2. The van der Waals surface area contributed by atoms with Crippen LogP contribution in [-0.4, -0.2) is 49.3 Å². The van der Waals surface area contributed by atoms with Crippen molar-refractivity contribution in [3.63, 3.8) is 0 Å². The summed E-state index contributed by atoms with van der Waals surface area (Å²) >= 11 is 0. The zero-order valence-electron chi connectivity index (χ0n) is 25.8. The van der Waals surface area contributed by atoms with Crippen molar-refractivity contribution in [2.45, 2.75) is 49.7 Å². The molecule has 244 valence electrons. The first kappa shape index (κ1) is 32.2. The molecule has 0 radical (unpaired) electrons. The van der Waals surface area contributed by atoms with E-state index in [0.717, 1.165) is 24.0 Å². The van der Waals surface area contributed by atoms with Crippen LogP contribution in [0.15, 0.2) is 102 Å². The molecule has 0 bridgehead atoms. The second kappa shape index (κ2) is 14.4. The molecular weight excluding hydrogens is 621 g/mol. The predicted octanol–water partition coefficient (Wildman–Crippen LogP) is 5.36. The highest BCUT2D eigenvalue weighted by Crippen LogP contribution is 2.33. The monoisotopic (exact) mass is 657 g/mol. The van der Waals surface area contributed by atoms with Crippen molar-refractivity contribution < 1.29 is 31.9 Å². The van der Waals surface area contributed by atoms with Crippen LogP contribution in [0.5, 0.6) is 11.5 Å². The number of hydrogen-bond acceptors (Lipinski definition) is 6. The Hall–Kier alpha value is -4.74. The van der Waals surface area contributed by atoms with E-state index in [1.165, 1.54) is 21.3 Å². The molecule has 0 aromatic heterocycles. The molecule has 1 saturated heterocycles. The summed E-state index contributed by atoms with van der Waals surface area (Å²) in [6, 6.07) is 26.0. The number of amides is 2. The number of sulfonamides is 1. The molecule has 0 unspecified atom stereocenters. The molecule has 0 saturated carbocycles. The van der Waals surface area contributed by atoms with Crippen LogP contribution >= 0.6 is 0 Å². The van der Waals surface area contributed by atoms with Gasteiger partial charge < -0.3 is 19.7 Å². The summed E-state index contributed by atoms with van der Waals surface area (Å²) in [5.74, 6) is 0.186. The molecule has 2 heterocycles. The van der Waals surface area contributed by atoms with Crippen LogP contribution in [0.3, 0.4) is 0 Å². The Labute approximate surface area is 274 Å². The quantitative estimate of drug-likeness (QED) is 0.220. The van der Waals surface area contributed by atoms with Gasteiger partial charge in [0.15, 0.2) is 11.5 Å². The largest absolute Gasteiger partial charge is 0.454 e. The van der Waals surface area contributed by atoms with E-state index in [-0.39, 0.29) is 43.0 Å². The maximum atomic E-state index is 14.0. The van der Waals surface area contributed by atoms with Gasteiger partial charge in [0.1, 0.15) is 11.9 Å². The second-order valence-corrected chi connectivity index (χ2v) is 13.6. The van der Waals surface area contributed by atoms with E-state index in [2.05, 4.69) is 5.32 Å². The first-order valence-corrected chi connectivity index (χ1v) is 17.1. The SMILES string of the molecule is O=C(NCc1ccc2c(c1)OCO2)[C@@H](c1ccccc1)N(Cc1ccc(F)cc1)C(=O)CCc1ccc(S(=O)(=O)N2CCCC2)cc1. The Morgan fingerprint density at radius 1 is 0.830 bits per heavy atom. The van der Waals surface area contributed by atoms with E-state index in [4.69, 9.17) is 9.47 Å². The Balaban J connectivity index is 1.22. The van der Waals surface area contributed by atoms with Crippen LogP contribution < -0.4 is 14.8 Å². The Kier molecular flexibility index (Phi) is 9.84. The van der Waals surface area contributed by atoms with E-state index < -0.39 is 21.9 Å². The molecule has 2 aliphatic heterocycles. The molecule has 1 N–H and O–H groups in total. The molecule has 11 heteroatoms. The van der Waals surface area contributed by atoms with Crippen LogP contribution in [0.25, 0.3) is 0 Å². The lowest BCUT2D eigenvalue weighted by Gasteiger charge is -2.32. The number of nitrogens with zero attached hydrogens (tertiary/aromatic N) is 2. The summed E-state index contributed by atoms with van der Waals surface area (Å²) in [4.78, 5) is 29.8. The minimum absolute atomic E-state index is 0.0676. The van der Waals surface area contributed by atoms with Crippen molar-refractivity contribution in [3.8, 4) is 11.5 Å². The van der Waals surface area contributed by atoms with Gasteiger partial charge in [-0.05, 0) is 77.9 Å². The van der Waals surface area contributed by atoms with Crippen LogP contribution in [0.4, 0.5) is 4.39 Å². The number of rotatable bonds is 12. The number of benzene rings is 4. The van der Waals surface area contributed by atoms with Gasteiger partial charge in [0.2, 0.25) is 28.6 Å². The van der Waals surface area contributed by atoms with Crippen molar-refractivity contribution in [2.75, 3.05) is 19.9 Å². The van der Waals surface area contributed by atoms with Crippen LogP contribution in [0.2, 0.25) is 0 Å². The average Bonchev–Trinajstić information content (AvgIpc) is 3.81. The summed E-state index contributed by atoms with van der Waals surface area (Å²) < 4.78 is 52.0. The third-order valence-electron chi connectivity index (χ3n) is 8.42. The maximum absolute atomic E-state index is 14.0. The van der Waals surface area contributed by atoms with Gasteiger partial charge in [-0.2, -0.15) is 4.31 Å². The van der Waals surface area contributed by atoms with E-state index in [9.17, 15) is 22.4 Å². The van der Waals surface area contributed by atoms with Gasteiger partial charge in [-0.25, -0.2) is 12.8 Å². The first-order chi connectivity index (χ1) is 22.8. The Morgan fingerprint density at radius 2 is 1.49 bits per heavy atom. The van der Waals surface area contributed by atoms with Crippen molar-refractivity contribution in [1.82, 2.24) is 14.5 Å². The summed E-state index contributed by atoms with van der Waals surface area (Å²) in [6.07, 6.45) is 2.11. The van der Waals surface area contributed by atoms with Gasteiger partial charge in [0, 0.05) is 32.6 Å². The van der Waals surface area contributed by atoms with Gasteiger partial charge in [-0.15, -0.1) is 0 Å². The molecular formula is C36H36FN3O6S. The molecule has 4 aromatic carbocycles. The highest BCUT2D eigenvalue weighted by atomic mass is 32.2. The average molecular weight is 658 g/mol. The standard InChI is InChI=1S/C36H36FN3O6S/c37-30-14-8-27(9-15-30)24-40(34(41)19-13-26-10-16-31(17-11-26)47(43,44)39-20-4-5-21-39)35(29-6-2-1-3-7-29)36(42)38-23-28-12-18-32-33(22-28)46-25-45-32/h1-3,6-12,14-18,22,35H,4-5,13,19-21,23-25H2,(H,38,42)/t35-/m1/s1. The molecule has 1 fully saturated rings. The van der Waals surface area contributed by atoms with Crippen LogP contribution in [0.1, 0.15) is 47.6 Å². The smallest absolute Gasteiger partial charge is 0.247 e. The van der Waals surface area contributed by atoms with Gasteiger partial charge in [0.05, 0.1) is 4.90 Å². The Bertz CT molecular complexity index is 1810. The number of fused-ring (bicyclic) bond motifs is 1. The van der Waals surface area contributed by atoms with Gasteiger partial charge in [-0.1, -0.05) is 60.7 Å². The topological polar surface area (TPSA) is 105 Å². The lowest BCUT2D eigenvalue weighted by molar-refractivity contribution is -0.141. The second-order valence-electron chi connectivity index (χ2n) is 11.6. The number of aryl methyl sites for hydroxylation is 1. The number of carbonyl (C=O) groups is 2. The summed E-state index contributed by atoms with van der Waals surface area (Å²) in [5, 5.41) is 2.99. The van der Waals surface area contributed by atoms with Crippen molar-refractivity contribution in [3.05, 3.63) is 125 Å². The highest BCUT2D eigenvalue weighted by Gasteiger charge is 2.32. The van der Waals surface area contributed by atoms with Crippen LogP contribution in [0, 0.1) is 5.82 Å². The van der Waals surface area contributed by atoms with E-state index >= 15 is 0 Å². The lowest BCUT2D eigenvalue weighted by atomic mass is 10.0. The molecule has 1 atom stereocenters. The number of nitrogens with one attached hydrogen (secondary N) is 1. The third-order valence-corrected chi connectivity index (χ3v) is 10.3. The number of halogens is 1. The van der Waals surface area contributed by atoms with Crippen molar-refractivity contribution >= 4 is 21.8 Å². The molecule has 2 aliphatic rings. The first-order valence-electron chi connectivity index (χ1n) is 15.6. The normalized spacial score (nSPS) is 14.9. The maximum Gasteiger partial charge on any atom is 0.247 e. The number of carbonyl (C=O) groups excluding carboxylic acids is 2. The van der Waals surface area contributed by atoms with Gasteiger partial charge in [-0.3, -0.25) is 9.59 Å². The minimum atomic E-state index is -3.54. The van der Waals surface area contributed by atoms with Crippen molar-refractivity contribution in [2.24, 2.45) is 0 Å². The molecule has 9 nitrogen and oxygen atoms in total. The third kappa shape index (κ3) is 7.64. The molecule has 0 spiro atoms. The number of hydrogen-bond donors (Lipinski definition) is 1. The summed E-state index contributed by atoms with van der Waals surface area (Å²) in [7, 11) is -3.54. The van der Waals surface area contributed by atoms with Gasteiger partial charge in [0.25, 0.3) is 0 Å². The summed E-state index contributed by atoms with van der Waals surface area (Å²) in [5.41, 5.74) is 2.90. The molecule has 6 rings (SSSR count). The van der Waals surface area contributed by atoms with E-state index in [1.54, 1.807) is 54.6 Å². The Morgan fingerprint density at radius 3 is 2.21 bits per heavy atom. The minimum Gasteiger partial charge on any atom is -0.454 e. The zero-order valence-corrected chi connectivity index (χ0v) is 26.6.